The van der Waals surface area contributed by atoms with Crippen molar-refractivity contribution in [3.8, 4) is 5.75 Å². The number of amides is 1. The molecule has 2 aromatic rings. The van der Waals surface area contributed by atoms with Gasteiger partial charge < -0.3 is 10.1 Å². The van der Waals surface area contributed by atoms with Gasteiger partial charge in [0.25, 0.3) is 0 Å². The van der Waals surface area contributed by atoms with Crippen LogP contribution in [0.25, 0.3) is 0 Å². The SMILES string of the molecule is C[C@H](C(=O)Nc1ccc(Cl)cc1)S(=O)(=O)CCCOc1ccc(F)cc1. The molecule has 26 heavy (non-hydrogen) atoms. The number of hydrogen-bond acceptors (Lipinski definition) is 4. The van der Waals surface area contributed by atoms with E-state index in [1.54, 1.807) is 24.3 Å². The highest BCUT2D eigenvalue weighted by molar-refractivity contribution is 7.92. The van der Waals surface area contributed by atoms with Crippen molar-refractivity contribution in [1.29, 1.82) is 0 Å². The summed E-state index contributed by atoms with van der Waals surface area (Å²) in [7, 11) is -3.63. The van der Waals surface area contributed by atoms with Gasteiger partial charge in [-0.1, -0.05) is 11.6 Å². The van der Waals surface area contributed by atoms with Gasteiger partial charge in [-0.15, -0.1) is 0 Å². The number of halogens is 2. The van der Waals surface area contributed by atoms with Crippen molar-refractivity contribution < 1.29 is 22.3 Å². The van der Waals surface area contributed by atoms with E-state index in [9.17, 15) is 17.6 Å². The number of carbonyl (C=O) groups excluding carboxylic acids is 1. The van der Waals surface area contributed by atoms with Crippen molar-refractivity contribution in [1.82, 2.24) is 0 Å². The molecule has 0 heterocycles. The summed E-state index contributed by atoms with van der Waals surface area (Å²) in [6.45, 7) is 1.50. The van der Waals surface area contributed by atoms with E-state index in [1.165, 1.54) is 31.2 Å². The minimum absolute atomic E-state index is 0.149. The summed E-state index contributed by atoms with van der Waals surface area (Å²) in [4.78, 5) is 12.1. The molecule has 0 fully saturated rings. The van der Waals surface area contributed by atoms with Crippen LogP contribution < -0.4 is 10.1 Å². The molecule has 5 nitrogen and oxygen atoms in total. The van der Waals surface area contributed by atoms with Crippen LogP contribution in [0.4, 0.5) is 10.1 Å². The highest BCUT2D eigenvalue weighted by atomic mass is 35.5. The number of rotatable bonds is 8. The number of ether oxygens (including phenoxy) is 1. The maximum Gasteiger partial charge on any atom is 0.242 e. The molecule has 0 spiro atoms. The van der Waals surface area contributed by atoms with Crippen LogP contribution in [0, 0.1) is 5.82 Å². The molecular weight excluding hydrogens is 381 g/mol. The zero-order chi connectivity index (χ0) is 19.2. The third-order valence-corrected chi connectivity index (χ3v) is 6.08. The second-order valence-electron chi connectivity index (χ2n) is 5.66. The normalized spacial score (nSPS) is 12.4. The molecule has 140 valence electrons. The van der Waals surface area contributed by atoms with E-state index in [4.69, 9.17) is 16.3 Å². The molecule has 2 aromatic carbocycles. The molecule has 1 amide bonds. The number of sulfone groups is 1. The maximum absolute atomic E-state index is 12.8. The van der Waals surface area contributed by atoms with Crippen molar-refractivity contribution in [3.63, 3.8) is 0 Å². The second kappa shape index (κ2) is 9.00. The fourth-order valence-electron chi connectivity index (χ4n) is 2.10. The summed E-state index contributed by atoms with van der Waals surface area (Å²) < 4.78 is 42.7. The molecule has 0 aliphatic carbocycles. The number of benzene rings is 2. The molecule has 0 bridgehead atoms. The van der Waals surface area contributed by atoms with Crippen molar-refractivity contribution in [2.45, 2.75) is 18.6 Å². The lowest BCUT2D eigenvalue weighted by Gasteiger charge is -2.13. The number of hydrogen-bond donors (Lipinski definition) is 1. The van der Waals surface area contributed by atoms with Gasteiger partial charge in [-0.2, -0.15) is 0 Å². The van der Waals surface area contributed by atoms with Crippen LogP contribution in [0.2, 0.25) is 5.02 Å². The van der Waals surface area contributed by atoms with Crippen molar-refractivity contribution >= 4 is 33.0 Å². The molecule has 0 aliphatic heterocycles. The molecule has 2 rings (SSSR count). The molecule has 1 atom stereocenters. The standard InChI is InChI=1S/C18H19ClFNO4S/c1-13(18(22)21-16-7-3-14(19)4-8-16)26(23,24)12-2-11-25-17-9-5-15(20)6-10-17/h3-10,13H,2,11-12H2,1H3,(H,21,22)/t13-/m1/s1. The minimum atomic E-state index is -3.63. The summed E-state index contributed by atoms with van der Waals surface area (Å²) in [5, 5.41) is 1.88. The van der Waals surface area contributed by atoms with E-state index in [2.05, 4.69) is 5.32 Å². The summed E-state index contributed by atoms with van der Waals surface area (Å²) >= 11 is 5.77. The van der Waals surface area contributed by atoms with E-state index in [-0.39, 0.29) is 24.6 Å². The Morgan fingerprint density at radius 3 is 2.38 bits per heavy atom. The predicted octanol–water partition coefficient (Wildman–Crippen LogP) is 3.69. The van der Waals surface area contributed by atoms with Crippen LogP contribution in [-0.2, 0) is 14.6 Å². The van der Waals surface area contributed by atoms with E-state index in [1.807, 2.05) is 0 Å². The van der Waals surface area contributed by atoms with Crippen LogP contribution in [0.15, 0.2) is 48.5 Å². The van der Waals surface area contributed by atoms with Gasteiger partial charge in [0, 0.05) is 10.7 Å². The van der Waals surface area contributed by atoms with Crippen molar-refractivity contribution in [3.05, 3.63) is 59.4 Å². The molecule has 0 saturated carbocycles. The first kappa shape index (κ1) is 20.2. The summed E-state index contributed by atoms with van der Waals surface area (Å²) in [5.74, 6) is -0.715. The first-order valence-corrected chi connectivity index (χ1v) is 10.0. The van der Waals surface area contributed by atoms with Gasteiger partial charge in [0.2, 0.25) is 5.91 Å². The first-order chi connectivity index (χ1) is 12.3. The smallest absolute Gasteiger partial charge is 0.242 e. The number of nitrogens with one attached hydrogen (secondary N) is 1. The topological polar surface area (TPSA) is 72.5 Å². The summed E-state index contributed by atoms with van der Waals surface area (Å²) in [6, 6.07) is 11.8. The molecular formula is C18H19ClFNO4S. The Morgan fingerprint density at radius 2 is 1.77 bits per heavy atom. The van der Waals surface area contributed by atoms with Gasteiger partial charge in [-0.3, -0.25) is 4.79 Å². The molecule has 0 unspecified atom stereocenters. The molecule has 0 aromatic heterocycles. The lowest BCUT2D eigenvalue weighted by Crippen LogP contribution is -2.34. The summed E-state index contributed by atoms with van der Waals surface area (Å²) in [5.41, 5.74) is 0.473. The Bertz CT molecular complexity index is 838. The van der Waals surface area contributed by atoms with Crippen LogP contribution in [0.1, 0.15) is 13.3 Å². The van der Waals surface area contributed by atoms with Crippen molar-refractivity contribution in [2.75, 3.05) is 17.7 Å². The molecule has 8 heteroatoms. The largest absolute Gasteiger partial charge is 0.494 e. The first-order valence-electron chi connectivity index (χ1n) is 7.94. The van der Waals surface area contributed by atoms with E-state index in [0.29, 0.717) is 16.5 Å². The maximum atomic E-state index is 12.8. The third-order valence-electron chi connectivity index (χ3n) is 3.68. The van der Waals surface area contributed by atoms with Gasteiger partial charge in [0.1, 0.15) is 16.8 Å². The monoisotopic (exact) mass is 399 g/mol. The average molecular weight is 400 g/mol. The quantitative estimate of drug-likeness (QED) is 0.687. The second-order valence-corrected chi connectivity index (χ2v) is 8.54. The lowest BCUT2D eigenvalue weighted by atomic mass is 10.3. The van der Waals surface area contributed by atoms with E-state index in [0.717, 1.165) is 0 Å². The van der Waals surface area contributed by atoms with E-state index >= 15 is 0 Å². The highest BCUT2D eigenvalue weighted by Gasteiger charge is 2.27. The molecule has 0 saturated heterocycles. The van der Waals surface area contributed by atoms with Crippen LogP contribution in [0.3, 0.4) is 0 Å². The number of anilines is 1. The average Bonchev–Trinajstić information content (AvgIpc) is 2.61. The van der Waals surface area contributed by atoms with Crippen molar-refractivity contribution in [2.24, 2.45) is 0 Å². The van der Waals surface area contributed by atoms with Crippen LogP contribution >= 0.6 is 11.6 Å². The predicted molar refractivity (Wildman–Crippen MR) is 99.8 cm³/mol. The minimum Gasteiger partial charge on any atom is -0.494 e. The Hall–Kier alpha value is -2.12. The zero-order valence-corrected chi connectivity index (χ0v) is 15.7. The molecule has 0 aliphatic rings. The Balaban J connectivity index is 1.82. The third kappa shape index (κ3) is 6.00. The van der Waals surface area contributed by atoms with Gasteiger partial charge in [-0.05, 0) is 61.9 Å². The van der Waals surface area contributed by atoms with Crippen LogP contribution in [-0.4, -0.2) is 31.9 Å². The molecule has 0 radical (unpaired) electrons. The Labute approximate surface area is 157 Å². The zero-order valence-electron chi connectivity index (χ0n) is 14.1. The highest BCUT2D eigenvalue weighted by Crippen LogP contribution is 2.15. The Kier molecular flexibility index (Phi) is 6.99. The van der Waals surface area contributed by atoms with Gasteiger partial charge in [0.15, 0.2) is 9.84 Å². The summed E-state index contributed by atoms with van der Waals surface area (Å²) in [6.07, 6.45) is 0.221. The van der Waals surface area contributed by atoms with Gasteiger partial charge in [0.05, 0.1) is 12.4 Å². The van der Waals surface area contributed by atoms with Gasteiger partial charge >= 0.3 is 0 Å². The van der Waals surface area contributed by atoms with E-state index < -0.39 is 21.0 Å². The Morgan fingerprint density at radius 1 is 1.15 bits per heavy atom. The van der Waals surface area contributed by atoms with Gasteiger partial charge in [-0.25, -0.2) is 12.8 Å². The number of carbonyl (C=O) groups is 1. The van der Waals surface area contributed by atoms with Crippen LogP contribution in [0.5, 0.6) is 5.75 Å². The lowest BCUT2D eigenvalue weighted by molar-refractivity contribution is -0.115. The molecule has 1 N–H and O–H groups in total. The fourth-order valence-corrected chi connectivity index (χ4v) is 3.48. The fraction of sp³-hybridized carbons (Fsp3) is 0.278.